The molecule has 0 saturated carbocycles. The molecule has 6 heteroatoms. The van der Waals surface area contributed by atoms with Crippen LogP contribution in [0.3, 0.4) is 0 Å². The summed E-state index contributed by atoms with van der Waals surface area (Å²) in [4.78, 5) is 19.4. The van der Waals surface area contributed by atoms with E-state index in [1.165, 1.54) is 0 Å². The number of nitrogens with zero attached hydrogens (tertiary/aromatic N) is 2. The Kier molecular flexibility index (Phi) is 5.02. The first-order valence-electron chi connectivity index (χ1n) is 9.06. The number of nitrogens with one attached hydrogen (secondary N) is 1. The quantitative estimate of drug-likeness (QED) is 0.908. The molecule has 6 nitrogen and oxygen atoms in total. The van der Waals surface area contributed by atoms with E-state index >= 15 is 0 Å². The standard InChI is InChI=1S/C20H23N3O3/c24-20(17-12-15-4-1-2-6-18(15)26-14-17)22-13-16-5-3-7-21-19(16)23-8-10-25-11-9-23/h1-7,17H,8-14H2,(H,22,24). The first-order chi connectivity index (χ1) is 12.8. The van der Waals surface area contributed by atoms with Crippen LogP contribution in [0.25, 0.3) is 0 Å². The van der Waals surface area contributed by atoms with Crippen molar-refractivity contribution in [2.24, 2.45) is 5.92 Å². The third-order valence-electron chi connectivity index (χ3n) is 4.88. The Bertz CT molecular complexity index is 774. The molecule has 0 radical (unpaired) electrons. The first kappa shape index (κ1) is 16.8. The maximum Gasteiger partial charge on any atom is 0.227 e. The summed E-state index contributed by atoms with van der Waals surface area (Å²) in [5.74, 6) is 1.68. The van der Waals surface area contributed by atoms with Gasteiger partial charge >= 0.3 is 0 Å². The predicted octanol–water partition coefficient (Wildman–Crippen LogP) is 1.79. The second kappa shape index (κ2) is 7.74. The molecule has 2 aromatic rings. The van der Waals surface area contributed by atoms with Gasteiger partial charge in [0, 0.05) is 31.4 Å². The Morgan fingerprint density at radius 1 is 1.19 bits per heavy atom. The van der Waals surface area contributed by atoms with Crippen LogP contribution in [0, 0.1) is 5.92 Å². The highest BCUT2D eigenvalue weighted by Crippen LogP contribution is 2.27. The van der Waals surface area contributed by atoms with E-state index in [4.69, 9.17) is 9.47 Å². The van der Waals surface area contributed by atoms with Crippen LogP contribution in [-0.2, 0) is 22.5 Å². The van der Waals surface area contributed by atoms with Crippen LogP contribution in [-0.4, -0.2) is 43.8 Å². The van der Waals surface area contributed by atoms with Gasteiger partial charge in [0.05, 0.1) is 19.1 Å². The highest BCUT2D eigenvalue weighted by molar-refractivity contribution is 5.79. The van der Waals surface area contributed by atoms with Crippen LogP contribution in [0.4, 0.5) is 5.82 Å². The molecule has 1 atom stereocenters. The van der Waals surface area contributed by atoms with Crippen molar-refractivity contribution in [2.45, 2.75) is 13.0 Å². The Morgan fingerprint density at radius 3 is 2.92 bits per heavy atom. The van der Waals surface area contributed by atoms with Crippen molar-refractivity contribution in [2.75, 3.05) is 37.8 Å². The van der Waals surface area contributed by atoms with Crippen LogP contribution < -0.4 is 15.0 Å². The molecule has 0 bridgehead atoms. The summed E-state index contributed by atoms with van der Waals surface area (Å²) < 4.78 is 11.1. The second-order valence-electron chi connectivity index (χ2n) is 6.62. The molecule has 4 rings (SSSR count). The fourth-order valence-corrected chi connectivity index (χ4v) is 3.45. The number of anilines is 1. The molecule has 1 unspecified atom stereocenters. The van der Waals surface area contributed by atoms with Crippen molar-refractivity contribution < 1.29 is 14.3 Å². The highest BCUT2D eigenvalue weighted by atomic mass is 16.5. The summed E-state index contributed by atoms with van der Waals surface area (Å²) in [5.41, 5.74) is 2.12. The molecule has 26 heavy (non-hydrogen) atoms. The zero-order chi connectivity index (χ0) is 17.8. The van der Waals surface area contributed by atoms with Crippen molar-refractivity contribution in [1.82, 2.24) is 10.3 Å². The molecule has 1 N–H and O–H groups in total. The lowest BCUT2D eigenvalue weighted by Crippen LogP contribution is -2.39. The third-order valence-corrected chi connectivity index (χ3v) is 4.88. The zero-order valence-corrected chi connectivity index (χ0v) is 14.7. The van der Waals surface area contributed by atoms with E-state index in [1.54, 1.807) is 6.20 Å². The molecular weight excluding hydrogens is 330 g/mol. The number of hydrogen-bond donors (Lipinski definition) is 1. The third kappa shape index (κ3) is 3.65. The molecule has 3 heterocycles. The van der Waals surface area contributed by atoms with E-state index in [2.05, 4.69) is 15.2 Å². The number of rotatable bonds is 4. The van der Waals surface area contributed by atoms with E-state index in [0.29, 0.717) is 32.8 Å². The lowest BCUT2D eigenvalue weighted by Gasteiger charge is -2.29. The Labute approximate surface area is 153 Å². The maximum atomic E-state index is 12.6. The number of pyridine rings is 1. The molecule has 2 aliphatic rings. The molecule has 1 aromatic heterocycles. The number of amides is 1. The van der Waals surface area contributed by atoms with Crippen LogP contribution >= 0.6 is 0 Å². The molecule has 1 amide bonds. The van der Waals surface area contributed by atoms with Crippen molar-refractivity contribution in [3.8, 4) is 5.75 Å². The molecule has 0 aliphatic carbocycles. The van der Waals surface area contributed by atoms with Crippen LogP contribution in [0.1, 0.15) is 11.1 Å². The van der Waals surface area contributed by atoms with Crippen LogP contribution in [0.5, 0.6) is 5.75 Å². The van der Waals surface area contributed by atoms with Gasteiger partial charge in [-0.1, -0.05) is 24.3 Å². The summed E-state index contributed by atoms with van der Waals surface area (Å²) >= 11 is 0. The molecule has 1 saturated heterocycles. The largest absolute Gasteiger partial charge is 0.492 e. The summed E-state index contributed by atoms with van der Waals surface area (Å²) in [7, 11) is 0. The number of aromatic nitrogens is 1. The fourth-order valence-electron chi connectivity index (χ4n) is 3.45. The predicted molar refractivity (Wildman–Crippen MR) is 98.2 cm³/mol. The Balaban J connectivity index is 1.39. The second-order valence-corrected chi connectivity index (χ2v) is 6.62. The van der Waals surface area contributed by atoms with Gasteiger partial charge in [-0.15, -0.1) is 0 Å². The van der Waals surface area contributed by atoms with Gasteiger partial charge in [0.1, 0.15) is 18.2 Å². The summed E-state index contributed by atoms with van der Waals surface area (Å²) in [5, 5.41) is 3.06. The molecule has 1 fully saturated rings. The number of ether oxygens (including phenoxy) is 2. The van der Waals surface area contributed by atoms with Gasteiger partial charge in [0.25, 0.3) is 0 Å². The highest BCUT2D eigenvalue weighted by Gasteiger charge is 2.26. The van der Waals surface area contributed by atoms with Gasteiger partial charge in [-0.25, -0.2) is 4.98 Å². The minimum Gasteiger partial charge on any atom is -0.492 e. The van der Waals surface area contributed by atoms with Gasteiger partial charge in [-0.3, -0.25) is 4.79 Å². The summed E-state index contributed by atoms with van der Waals surface area (Å²) in [6, 6.07) is 11.8. The number of hydrogen-bond acceptors (Lipinski definition) is 5. The number of para-hydroxylation sites is 1. The summed E-state index contributed by atoms with van der Waals surface area (Å²) in [6.07, 6.45) is 2.51. The maximum absolute atomic E-state index is 12.6. The van der Waals surface area contributed by atoms with Gasteiger partial charge in [-0.2, -0.15) is 0 Å². The fraction of sp³-hybridized carbons (Fsp3) is 0.400. The van der Waals surface area contributed by atoms with E-state index in [-0.39, 0.29) is 11.8 Å². The molecule has 2 aliphatic heterocycles. The van der Waals surface area contributed by atoms with E-state index in [1.807, 2.05) is 36.4 Å². The van der Waals surface area contributed by atoms with Crippen LogP contribution in [0.2, 0.25) is 0 Å². The number of carbonyl (C=O) groups excluding carboxylic acids is 1. The minimum absolute atomic E-state index is 0.0243. The number of morpholine rings is 1. The van der Waals surface area contributed by atoms with Crippen molar-refractivity contribution in [1.29, 1.82) is 0 Å². The van der Waals surface area contributed by atoms with Crippen LogP contribution in [0.15, 0.2) is 42.6 Å². The van der Waals surface area contributed by atoms with Gasteiger partial charge in [0.2, 0.25) is 5.91 Å². The monoisotopic (exact) mass is 353 g/mol. The lowest BCUT2D eigenvalue weighted by atomic mass is 9.96. The van der Waals surface area contributed by atoms with Crippen molar-refractivity contribution in [3.63, 3.8) is 0 Å². The Morgan fingerprint density at radius 2 is 2.04 bits per heavy atom. The topological polar surface area (TPSA) is 63.7 Å². The van der Waals surface area contributed by atoms with Gasteiger partial charge in [0.15, 0.2) is 0 Å². The smallest absolute Gasteiger partial charge is 0.227 e. The number of carbonyl (C=O) groups is 1. The minimum atomic E-state index is -0.159. The normalized spacial score (nSPS) is 19.4. The SMILES string of the molecule is O=C(NCc1cccnc1N1CCOCC1)C1COc2ccccc2C1. The Hall–Kier alpha value is -2.60. The van der Waals surface area contributed by atoms with E-state index in [0.717, 1.165) is 35.8 Å². The summed E-state index contributed by atoms with van der Waals surface area (Å²) in [6.45, 7) is 3.96. The van der Waals surface area contributed by atoms with E-state index < -0.39 is 0 Å². The molecule has 136 valence electrons. The van der Waals surface area contributed by atoms with Gasteiger partial charge < -0.3 is 19.7 Å². The molecular formula is C20H23N3O3. The van der Waals surface area contributed by atoms with Gasteiger partial charge in [-0.05, 0) is 24.1 Å². The lowest BCUT2D eigenvalue weighted by molar-refractivity contribution is -0.126. The number of fused-ring (bicyclic) bond motifs is 1. The average Bonchev–Trinajstić information content (AvgIpc) is 2.72. The average molecular weight is 353 g/mol. The number of benzene rings is 1. The van der Waals surface area contributed by atoms with Crippen molar-refractivity contribution in [3.05, 3.63) is 53.7 Å². The van der Waals surface area contributed by atoms with Crippen molar-refractivity contribution >= 4 is 11.7 Å². The molecule has 0 spiro atoms. The zero-order valence-electron chi connectivity index (χ0n) is 14.7. The first-order valence-corrected chi connectivity index (χ1v) is 9.06. The van der Waals surface area contributed by atoms with E-state index in [9.17, 15) is 4.79 Å². The molecule has 1 aromatic carbocycles.